The monoisotopic (exact) mass is 240 g/mol. The summed E-state index contributed by atoms with van der Waals surface area (Å²) in [4.78, 5) is 0. The molecule has 1 atom stereocenters. The van der Waals surface area contributed by atoms with Gasteiger partial charge < -0.3 is 4.52 Å². The standard InChI is InChI=1S/C13H21O2P/c1-4-6-11-16(14,15-5-2)13-9-7-12(3)8-10-13/h7-10H,4-6,11H2,1-3H3. The van der Waals surface area contributed by atoms with Gasteiger partial charge >= 0.3 is 0 Å². The van der Waals surface area contributed by atoms with Crippen LogP contribution in [-0.2, 0) is 9.09 Å². The Balaban J connectivity index is 2.91. The number of hydrogen-bond acceptors (Lipinski definition) is 2. The maximum absolute atomic E-state index is 12.7. The molecule has 0 aliphatic carbocycles. The molecule has 1 rings (SSSR count). The summed E-state index contributed by atoms with van der Waals surface area (Å²) in [6.07, 6.45) is 2.65. The molecule has 90 valence electrons. The van der Waals surface area contributed by atoms with Gasteiger partial charge in [0.25, 0.3) is 0 Å². The average molecular weight is 240 g/mol. The van der Waals surface area contributed by atoms with Crippen LogP contribution in [0.1, 0.15) is 32.3 Å². The van der Waals surface area contributed by atoms with Gasteiger partial charge in [0.1, 0.15) is 0 Å². The van der Waals surface area contributed by atoms with Gasteiger partial charge in [0.15, 0.2) is 0 Å². The summed E-state index contributed by atoms with van der Waals surface area (Å²) in [6.45, 7) is 6.54. The average Bonchev–Trinajstić information content (AvgIpc) is 2.27. The fourth-order valence-electron chi connectivity index (χ4n) is 1.61. The first-order valence-electron chi connectivity index (χ1n) is 5.93. The number of hydrogen-bond donors (Lipinski definition) is 0. The Morgan fingerprint density at radius 1 is 1.19 bits per heavy atom. The van der Waals surface area contributed by atoms with E-state index in [9.17, 15) is 4.57 Å². The van der Waals surface area contributed by atoms with Crippen molar-refractivity contribution in [2.24, 2.45) is 0 Å². The Morgan fingerprint density at radius 2 is 1.81 bits per heavy atom. The molecule has 0 aliphatic rings. The topological polar surface area (TPSA) is 26.3 Å². The Kier molecular flexibility index (Phi) is 5.24. The Morgan fingerprint density at radius 3 is 2.31 bits per heavy atom. The van der Waals surface area contributed by atoms with Gasteiger partial charge in [0.05, 0.1) is 6.61 Å². The van der Waals surface area contributed by atoms with Gasteiger partial charge in [0, 0.05) is 11.5 Å². The highest BCUT2D eigenvalue weighted by molar-refractivity contribution is 7.67. The molecule has 0 saturated carbocycles. The molecule has 0 aliphatic heterocycles. The van der Waals surface area contributed by atoms with E-state index >= 15 is 0 Å². The smallest absolute Gasteiger partial charge is 0.232 e. The molecule has 0 amide bonds. The van der Waals surface area contributed by atoms with Crippen LogP contribution in [-0.4, -0.2) is 12.8 Å². The van der Waals surface area contributed by atoms with Crippen molar-refractivity contribution in [3.63, 3.8) is 0 Å². The quantitative estimate of drug-likeness (QED) is 0.708. The van der Waals surface area contributed by atoms with Gasteiger partial charge in [-0.1, -0.05) is 31.0 Å². The Labute approximate surface area is 98.5 Å². The molecule has 0 bridgehead atoms. The zero-order valence-electron chi connectivity index (χ0n) is 10.4. The van der Waals surface area contributed by atoms with Crippen LogP contribution in [0.4, 0.5) is 0 Å². The third-order valence-corrected chi connectivity index (χ3v) is 5.24. The number of rotatable bonds is 6. The summed E-state index contributed by atoms with van der Waals surface area (Å²) in [7, 11) is -2.61. The highest BCUT2D eigenvalue weighted by Crippen LogP contribution is 2.46. The summed E-state index contributed by atoms with van der Waals surface area (Å²) in [5.41, 5.74) is 1.18. The van der Waals surface area contributed by atoms with Crippen LogP contribution in [0.5, 0.6) is 0 Å². The fourth-order valence-corrected chi connectivity index (χ4v) is 3.90. The molecule has 0 radical (unpaired) electrons. The fraction of sp³-hybridized carbons (Fsp3) is 0.538. The van der Waals surface area contributed by atoms with Crippen LogP contribution in [0, 0.1) is 6.92 Å². The number of benzene rings is 1. The molecule has 0 saturated heterocycles. The maximum atomic E-state index is 12.7. The van der Waals surface area contributed by atoms with E-state index in [1.165, 1.54) is 5.56 Å². The largest absolute Gasteiger partial charge is 0.326 e. The first-order chi connectivity index (χ1) is 7.62. The van der Waals surface area contributed by atoms with Crippen molar-refractivity contribution in [3.8, 4) is 0 Å². The highest BCUT2D eigenvalue weighted by Gasteiger charge is 2.24. The molecule has 16 heavy (non-hydrogen) atoms. The van der Waals surface area contributed by atoms with Gasteiger partial charge in [-0.2, -0.15) is 0 Å². The minimum atomic E-state index is -2.61. The summed E-state index contributed by atoms with van der Waals surface area (Å²) >= 11 is 0. The summed E-state index contributed by atoms with van der Waals surface area (Å²) in [5, 5.41) is 0.855. The van der Waals surface area contributed by atoms with Crippen LogP contribution in [0.3, 0.4) is 0 Å². The zero-order chi connectivity index (χ0) is 12.0. The second kappa shape index (κ2) is 6.22. The minimum absolute atomic E-state index is 0.509. The molecule has 0 heterocycles. The van der Waals surface area contributed by atoms with Crippen molar-refractivity contribution in [2.75, 3.05) is 12.8 Å². The van der Waals surface area contributed by atoms with E-state index in [4.69, 9.17) is 4.52 Å². The molecular weight excluding hydrogens is 219 g/mol. The SMILES string of the molecule is CCCCP(=O)(OCC)c1ccc(C)cc1. The van der Waals surface area contributed by atoms with Gasteiger partial charge in [-0.15, -0.1) is 0 Å². The number of aryl methyl sites for hydroxylation is 1. The maximum Gasteiger partial charge on any atom is 0.232 e. The second-order valence-corrected chi connectivity index (χ2v) is 6.57. The third-order valence-electron chi connectivity index (χ3n) is 2.57. The molecule has 0 fully saturated rings. The first-order valence-corrected chi connectivity index (χ1v) is 7.74. The van der Waals surface area contributed by atoms with Gasteiger partial charge in [-0.3, -0.25) is 4.57 Å². The molecular formula is C13H21O2P. The molecule has 0 N–H and O–H groups in total. The van der Waals surface area contributed by atoms with Crippen LogP contribution in [0.25, 0.3) is 0 Å². The zero-order valence-corrected chi connectivity index (χ0v) is 11.3. The molecule has 0 spiro atoms. The summed E-state index contributed by atoms with van der Waals surface area (Å²) in [6, 6.07) is 7.85. The molecule has 0 aromatic heterocycles. The van der Waals surface area contributed by atoms with E-state index in [0.29, 0.717) is 12.8 Å². The van der Waals surface area contributed by atoms with Gasteiger partial charge in [0.2, 0.25) is 7.37 Å². The van der Waals surface area contributed by atoms with Crippen molar-refractivity contribution in [1.82, 2.24) is 0 Å². The minimum Gasteiger partial charge on any atom is -0.326 e. The van der Waals surface area contributed by atoms with E-state index in [2.05, 4.69) is 6.92 Å². The second-order valence-electron chi connectivity index (χ2n) is 4.00. The molecule has 1 aromatic rings. The van der Waals surface area contributed by atoms with Crippen molar-refractivity contribution < 1.29 is 9.09 Å². The number of unbranched alkanes of at least 4 members (excludes halogenated alkanes) is 1. The van der Waals surface area contributed by atoms with E-state index in [1.54, 1.807) is 0 Å². The normalized spacial score (nSPS) is 14.7. The summed E-state index contributed by atoms with van der Waals surface area (Å²) < 4.78 is 18.2. The van der Waals surface area contributed by atoms with Crippen molar-refractivity contribution in [2.45, 2.75) is 33.6 Å². The van der Waals surface area contributed by atoms with Crippen LogP contribution in [0.2, 0.25) is 0 Å². The lowest BCUT2D eigenvalue weighted by Crippen LogP contribution is -2.10. The first kappa shape index (κ1) is 13.5. The van der Waals surface area contributed by atoms with Gasteiger partial charge in [-0.05, 0) is 32.4 Å². The van der Waals surface area contributed by atoms with Crippen LogP contribution in [0.15, 0.2) is 24.3 Å². The molecule has 1 aromatic carbocycles. The highest BCUT2D eigenvalue weighted by atomic mass is 31.2. The van der Waals surface area contributed by atoms with E-state index in [-0.39, 0.29) is 0 Å². The van der Waals surface area contributed by atoms with Crippen molar-refractivity contribution in [1.29, 1.82) is 0 Å². The van der Waals surface area contributed by atoms with E-state index in [0.717, 1.165) is 18.1 Å². The van der Waals surface area contributed by atoms with Gasteiger partial charge in [-0.25, -0.2) is 0 Å². The van der Waals surface area contributed by atoms with Crippen molar-refractivity contribution in [3.05, 3.63) is 29.8 Å². The van der Waals surface area contributed by atoms with E-state index in [1.807, 2.05) is 38.1 Å². The van der Waals surface area contributed by atoms with Crippen LogP contribution >= 0.6 is 7.37 Å². The Bertz CT molecular complexity index is 357. The lowest BCUT2D eigenvalue weighted by atomic mass is 10.2. The van der Waals surface area contributed by atoms with E-state index < -0.39 is 7.37 Å². The summed E-state index contributed by atoms with van der Waals surface area (Å²) in [5.74, 6) is 0. The molecule has 3 heteroatoms. The predicted molar refractivity (Wildman–Crippen MR) is 69.8 cm³/mol. The lowest BCUT2D eigenvalue weighted by molar-refractivity contribution is 0.340. The Hall–Kier alpha value is -0.590. The predicted octanol–water partition coefficient (Wildman–Crippen LogP) is 3.74. The molecule has 2 nitrogen and oxygen atoms in total. The lowest BCUT2D eigenvalue weighted by Gasteiger charge is -2.18. The third kappa shape index (κ3) is 3.47. The van der Waals surface area contributed by atoms with Crippen LogP contribution < -0.4 is 5.30 Å². The van der Waals surface area contributed by atoms with Crippen molar-refractivity contribution >= 4 is 12.7 Å². The molecule has 1 unspecified atom stereocenters.